The number of likely N-dealkylation sites (tertiary alicyclic amines) is 1. The van der Waals surface area contributed by atoms with Crippen molar-refractivity contribution in [3.8, 4) is 0 Å². The molecule has 0 bridgehead atoms. The van der Waals surface area contributed by atoms with Gasteiger partial charge in [0.05, 0.1) is 0 Å². The number of H-pyrrole nitrogens is 1. The van der Waals surface area contributed by atoms with Crippen LogP contribution in [0.5, 0.6) is 0 Å². The highest BCUT2D eigenvalue weighted by atomic mass is 16.2. The average Bonchev–Trinajstić information content (AvgIpc) is 2.81. The average molecular weight is 285 g/mol. The van der Waals surface area contributed by atoms with Gasteiger partial charge in [0.25, 0.3) is 5.91 Å². The Labute approximate surface area is 125 Å². The first-order chi connectivity index (χ1) is 10.1. The number of nitrogens with zero attached hydrogens (tertiary/aromatic N) is 1. The van der Waals surface area contributed by atoms with Crippen LogP contribution < -0.4 is 5.32 Å². The first kappa shape index (κ1) is 14.1. The Kier molecular flexibility index (Phi) is 3.72. The number of aromatic amines is 1. The van der Waals surface area contributed by atoms with Gasteiger partial charge < -0.3 is 15.2 Å². The zero-order valence-corrected chi connectivity index (χ0v) is 13.0. The highest BCUT2D eigenvalue weighted by Crippen LogP contribution is 2.23. The number of carbonyl (C=O) groups excluding carboxylic acids is 1. The Hall–Kier alpha value is -1.81. The minimum absolute atomic E-state index is 0.157. The first-order valence-electron chi connectivity index (χ1n) is 7.65. The van der Waals surface area contributed by atoms with Gasteiger partial charge in [0, 0.05) is 41.3 Å². The van der Waals surface area contributed by atoms with Gasteiger partial charge in [-0.2, -0.15) is 0 Å². The zero-order valence-electron chi connectivity index (χ0n) is 13.0. The molecule has 2 N–H and O–H groups in total. The summed E-state index contributed by atoms with van der Waals surface area (Å²) >= 11 is 0. The van der Waals surface area contributed by atoms with E-state index in [1.807, 2.05) is 30.1 Å². The van der Waals surface area contributed by atoms with Crippen LogP contribution in [0.2, 0.25) is 0 Å². The number of aromatic nitrogens is 1. The molecule has 1 aliphatic heterocycles. The minimum atomic E-state index is 0.157. The highest BCUT2D eigenvalue weighted by Gasteiger charge is 2.23. The van der Waals surface area contributed by atoms with Gasteiger partial charge in [-0.05, 0) is 57.5 Å². The summed E-state index contributed by atoms with van der Waals surface area (Å²) in [6, 6.07) is 6.53. The maximum atomic E-state index is 12.7. The van der Waals surface area contributed by atoms with Gasteiger partial charge in [0.15, 0.2) is 0 Å². The lowest BCUT2D eigenvalue weighted by atomic mass is 10.0. The van der Waals surface area contributed by atoms with Crippen LogP contribution >= 0.6 is 0 Å². The van der Waals surface area contributed by atoms with Gasteiger partial charge in [0.2, 0.25) is 0 Å². The maximum absolute atomic E-state index is 12.7. The van der Waals surface area contributed by atoms with Crippen molar-refractivity contribution >= 4 is 16.8 Å². The summed E-state index contributed by atoms with van der Waals surface area (Å²) in [6.45, 7) is 5.85. The third-order valence-corrected chi connectivity index (χ3v) is 4.75. The van der Waals surface area contributed by atoms with Crippen molar-refractivity contribution in [2.24, 2.45) is 0 Å². The lowest BCUT2D eigenvalue weighted by molar-refractivity contribution is 0.0707. The van der Waals surface area contributed by atoms with E-state index in [0.29, 0.717) is 6.04 Å². The molecule has 3 rings (SSSR count). The molecule has 1 aromatic heterocycles. The molecular weight excluding hydrogens is 262 g/mol. The molecule has 0 radical (unpaired) electrons. The largest absolute Gasteiger partial charge is 0.358 e. The summed E-state index contributed by atoms with van der Waals surface area (Å²) in [6.07, 6.45) is 2.07. The Balaban J connectivity index is 1.83. The van der Waals surface area contributed by atoms with Crippen molar-refractivity contribution in [3.63, 3.8) is 0 Å². The molecule has 1 fully saturated rings. The van der Waals surface area contributed by atoms with Crippen LogP contribution in [-0.2, 0) is 0 Å². The summed E-state index contributed by atoms with van der Waals surface area (Å²) in [5.41, 5.74) is 4.31. The second kappa shape index (κ2) is 5.53. The molecule has 1 saturated heterocycles. The van der Waals surface area contributed by atoms with E-state index in [9.17, 15) is 4.79 Å². The van der Waals surface area contributed by atoms with Crippen LogP contribution in [0.4, 0.5) is 0 Å². The molecule has 0 aliphatic carbocycles. The van der Waals surface area contributed by atoms with Gasteiger partial charge in [0.1, 0.15) is 0 Å². The molecule has 4 nitrogen and oxygen atoms in total. The smallest absolute Gasteiger partial charge is 0.253 e. The minimum Gasteiger partial charge on any atom is -0.358 e. The molecule has 2 aromatic rings. The molecule has 0 saturated carbocycles. The number of rotatable bonds is 2. The maximum Gasteiger partial charge on any atom is 0.253 e. The van der Waals surface area contributed by atoms with Crippen LogP contribution in [0, 0.1) is 13.8 Å². The van der Waals surface area contributed by atoms with Gasteiger partial charge in [-0.1, -0.05) is 0 Å². The lowest BCUT2D eigenvalue weighted by Crippen LogP contribution is -2.43. The van der Waals surface area contributed by atoms with Crippen molar-refractivity contribution in [2.75, 3.05) is 20.1 Å². The normalized spacial score (nSPS) is 16.6. The van der Waals surface area contributed by atoms with Crippen LogP contribution in [0.1, 0.15) is 34.5 Å². The molecule has 21 heavy (non-hydrogen) atoms. The fraction of sp³-hybridized carbons (Fsp3) is 0.471. The topological polar surface area (TPSA) is 48.1 Å². The summed E-state index contributed by atoms with van der Waals surface area (Å²) in [7, 11) is 1.99. The molecule has 0 spiro atoms. The summed E-state index contributed by atoms with van der Waals surface area (Å²) in [5, 5.41) is 4.45. The highest BCUT2D eigenvalue weighted by molar-refractivity contribution is 5.99. The monoisotopic (exact) mass is 285 g/mol. The summed E-state index contributed by atoms with van der Waals surface area (Å²) in [4.78, 5) is 18.0. The van der Waals surface area contributed by atoms with E-state index in [4.69, 9.17) is 0 Å². The number of hydrogen-bond donors (Lipinski definition) is 2. The number of carbonyl (C=O) groups is 1. The molecule has 0 unspecified atom stereocenters. The Morgan fingerprint density at radius 3 is 2.67 bits per heavy atom. The number of hydrogen-bond acceptors (Lipinski definition) is 2. The third-order valence-electron chi connectivity index (χ3n) is 4.75. The third kappa shape index (κ3) is 2.56. The van der Waals surface area contributed by atoms with Gasteiger partial charge in [-0.25, -0.2) is 0 Å². The molecule has 0 atom stereocenters. The van der Waals surface area contributed by atoms with E-state index in [1.54, 1.807) is 0 Å². The zero-order chi connectivity index (χ0) is 15.0. The number of nitrogens with one attached hydrogen (secondary N) is 2. The van der Waals surface area contributed by atoms with Crippen molar-refractivity contribution < 1.29 is 4.79 Å². The molecule has 4 heteroatoms. The van der Waals surface area contributed by atoms with Gasteiger partial charge >= 0.3 is 0 Å². The van der Waals surface area contributed by atoms with Crippen molar-refractivity contribution in [2.45, 2.75) is 32.7 Å². The standard InChI is InChI=1S/C17H23N3O/c1-11-12(2)19-16-5-4-13(10-15(11)16)17(21)20-8-6-14(18-3)7-9-20/h4-5,10,14,18-19H,6-9H2,1-3H3. The van der Waals surface area contributed by atoms with E-state index >= 15 is 0 Å². The predicted molar refractivity (Wildman–Crippen MR) is 85.8 cm³/mol. The molecule has 112 valence electrons. The number of piperidine rings is 1. The molecule has 1 amide bonds. The lowest BCUT2D eigenvalue weighted by Gasteiger charge is -2.31. The Bertz CT molecular complexity index is 666. The number of benzene rings is 1. The second-order valence-electron chi connectivity index (χ2n) is 5.99. The fourth-order valence-electron chi connectivity index (χ4n) is 3.15. The van der Waals surface area contributed by atoms with E-state index < -0.39 is 0 Å². The first-order valence-corrected chi connectivity index (χ1v) is 7.65. The molecule has 1 aromatic carbocycles. The predicted octanol–water partition coefficient (Wildman–Crippen LogP) is 2.61. The van der Waals surface area contributed by atoms with E-state index in [0.717, 1.165) is 42.4 Å². The Morgan fingerprint density at radius 1 is 1.29 bits per heavy atom. The quantitative estimate of drug-likeness (QED) is 0.891. The molecule has 1 aliphatic rings. The van der Waals surface area contributed by atoms with Crippen molar-refractivity contribution in [3.05, 3.63) is 35.0 Å². The number of fused-ring (bicyclic) bond motifs is 1. The molecule has 2 heterocycles. The van der Waals surface area contributed by atoms with Crippen LogP contribution in [0.15, 0.2) is 18.2 Å². The van der Waals surface area contributed by atoms with Crippen molar-refractivity contribution in [1.82, 2.24) is 15.2 Å². The second-order valence-corrected chi connectivity index (χ2v) is 5.99. The van der Waals surface area contributed by atoms with Gasteiger partial charge in [-0.15, -0.1) is 0 Å². The SMILES string of the molecule is CNC1CCN(C(=O)c2ccc3[nH]c(C)c(C)c3c2)CC1. The van der Waals surface area contributed by atoms with Crippen LogP contribution in [-0.4, -0.2) is 42.0 Å². The number of amides is 1. The van der Waals surface area contributed by atoms with Crippen LogP contribution in [0.25, 0.3) is 10.9 Å². The van der Waals surface area contributed by atoms with E-state index in [-0.39, 0.29) is 5.91 Å². The number of aryl methyl sites for hydroxylation is 2. The summed E-state index contributed by atoms with van der Waals surface area (Å²) in [5.74, 6) is 0.157. The summed E-state index contributed by atoms with van der Waals surface area (Å²) < 4.78 is 0. The van der Waals surface area contributed by atoms with Gasteiger partial charge in [-0.3, -0.25) is 4.79 Å². The van der Waals surface area contributed by atoms with E-state index in [2.05, 4.69) is 24.1 Å². The fourth-order valence-corrected chi connectivity index (χ4v) is 3.15. The van der Waals surface area contributed by atoms with E-state index in [1.165, 1.54) is 11.3 Å². The van der Waals surface area contributed by atoms with Crippen molar-refractivity contribution in [1.29, 1.82) is 0 Å². The Morgan fingerprint density at radius 2 is 2.00 bits per heavy atom. The molecular formula is C17H23N3O. The van der Waals surface area contributed by atoms with Crippen LogP contribution in [0.3, 0.4) is 0 Å².